The summed E-state index contributed by atoms with van der Waals surface area (Å²) in [7, 11) is 0. The molecule has 1 unspecified atom stereocenters. The quantitative estimate of drug-likeness (QED) is 0.817. The molecule has 1 rings (SSSR count). The highest BCUT2D eigenvalue weighted by Gasteiger charge is 2.22. The fourth-order valence-electron chi connectivity index (χ4n) is 2.18. The molecule has 0 saturated heterocycles. The number of benzene rings is 1. The van der Waals surface area contributed by atoms with Gasteiger partial charge in [-0.2, -0.15) is 0 Å². The molecule has 0 aliphatic heterocycles. The number of nitrogens with two attached hydrogens (primary N) is 1. The van der Waals surface area contributed by atoms with Crippen molar-refractivity contribution in [2.24, 2.45) is 11.7 Å². The van der Waals surface area contributed by atoms with Crippen molar-refractivity contribution in [2.75, 3.05) is 6.54 Å². The lowest BCUT2D eigenvalue weighted by atomic mass is 10.0. The fraction of sp³-hybridized carbons (Fsp3) is 0.562. The van der Waals surface area contributed by atoms with Gasteiger partial charge >= 0.3 is 0 Å². The summed E-state index contributed by atoms with van der Waals surface area (Å²) in [6, 6.07) is 5.62. The Balaban J connectivity index is 2.81. The van der Waals surface area contributed by atoms with Crippen LogP contribution in [-0.4, -0.2) is 23.4 Å². The number of carbonyl (C=O) groups excluding carboxylic acids is 1. The average Bonchev–Trinajstić information content (AvgIpc) is 2.44. The Labute approximate surface area is 137 Å². The van der Waals surface area contributed by atoms with Gasteiger partial charge in [0.25, 0.3) is 0 Å². The molecule has 1 amide bonds. The van der Waals surface area contributed by atoms with E-state index in [0.29, 0.717) is 23.1 Å². The summed E-state index contributed by atoms with van der Waals surface area (Å²) in [5.74, 6) is 0.142. The molecule has 21 heavy (non-hydrogen) atoms. The van der Waals surface area contributed by atoms with Crippen molar-refractivity contribution in [3.63, 3.8) is 0 Å². The van der Waals surface area contributed by atoms with Crippen molar-refractivity contribution in [3.8, 4) is 0 Å². The van der Waals surface area contributed by atoms with E-state index in [4.69, 9.17) is 28.9 Å². The summed E-state index contributed by atoms with van der Waals surface area (Å²) in [6.45, 7) is 7.16. The van der Waals surface area contributed by atoms with E-state index in [1.165, 1.54) is 0 Å². The fourth-order valence-corrected chi connectivity index (χ4v) is 2.50. The van der Waals surface area contributed by atoms with Gasteiger partial charge in [0.05, 0.1) is 10.0 Å². The lowest BCUT2D eigenvalue weighted by Crippen LogP contribution is -2.39. The monoisotopic (exact) mass is 330 g/mol. The molecule has 5 heteroatoms. The van der Waals surface area contributed by atoms with E-state index in [2.05, 4.69) is 0 Å². The highest BCUT2D eigenvalue weighted by Crippen LogP contribution is 2.24. The first-order valence-electron chi connectivity index (χ1n) is 7.31. The first-order chi connectivity index (χ1) is 9.86. The van der Waals surface area contributed by atoms with Crippen LogP contribution in [0.2, 0.25) is 10.0 Å². The molecule has 3 nitrogen and oxygen atoms in total. The molecule has 1 atom stereocenters. The molecule has 1 aromatic carbocycles. The van der Waals surface area contributed by atoms with Crippen LogP contribution in [0, 0.1) is 5.92 Å². The lowest BCUT2D eigenvalue weighted by Gasteiger charge is -2.29. The predicted octanol–water partition coefficient (Wildman–Crippen LogP) is 4.11. The molecule has 0 spiro atoms. The van der Waals surface area contributed by atoms with Crippen molar-refractivity contribution in [1.29, 1.82) is 0 Å². The summed E-state index contributed by atoms with van der Waals surface area (Å²) >= 11 is 12.0. The third kappa shape index (κ3) is 5.50. The molecule has 0 saturated carbocycles. The smallest absolute Gasteiger partial charge is 0.225 e. The number of carbonyl (C=O) groups is 1. The van der Waals surface area contributed by atoms with Gasteiger partial charge < -0.3 is 10.6 Å². The van der Waals surface area contributed by atoms with Crippen molar-refractivity contribution in [2.45, 2.75) is 46.2 Å². The molecule has 1 aromatic rings. The van der Waals surface area contributed by atoms with Gasteiger partial charge in [-0.1, -0.05) is 36.2 Å². The normalized spacial score (nSPS) is 12.5. The minimum absolute atomic E-state index is 0.0151. The number of rotatable bonds is 7. The van der Waals surface area contributed by atoms with Crippen molar-refractivity contribution in [3.05, 3.63) is 33.8 Å². The van der Waals surface area contributed by atoms with E-state index >= 15 is 0 Å². The van der Waals surface area contributed by atoms with Gasteiger partial charge in [-0.05, 0) is 50.9 Å². The average molecular weight is 331 g/mol. The van der Waals surface area contributed by atoms with E-state index in [1.54, 1.807) is 6.07 Å². The molecule has 0 aromatic heterocycles. The van der Waals surface area contributed by atoms with Crippen LogP contribution in [0.25, 0.3) is 0 Å². The highest BCUT2D eigenvalue weighted by atomic mass is 35.5. The van der Waals surface area contributed by atoms with Crippen LogP contribution in [0.15, 0.2) is 18.2 Å². The summed E-state index contributed by atoms with van der Waals surface area (Å²) in [4.78, 5) is 14.4. The van der Waals surface area contributed by atoms with Crippen LogP contribution in [0.1, 0.15) is 39.2 Å². The number of halogens is 2. The first-order valence-corrected chi connectivity index (χ1v) is 8.06. The van der Waals surface area contributed by atoms with Crippen LogP contribution in [0.4, 0.5) is 0 Å². The molecule has 0 bridgehead atoms. The van der Waals surface area contributed by atoms with Crippen molar-refractivity contribution in [1.82, 2.24) is 4.90 Å². The van der Waals surface area contributed by atoms with E-state index in [9.17, 15) is 4.79 Å². The van der Waals surface area contributed by atoms with Crippen LogP contribution in [-0.2, 0) is 11.3 Å². The van der Waals surface area contributed by atoms with Gasteiger partial charge in [0.1, 0.15) is 0 Å². The standard InChI is InChI=1S/C16H24Cl2N2O/c1-11(2)20(16(21)12(3)5-4-8-19)10-13-6-7-14(17)15(18)9-13/h6-7,9,11-12H,4-5,8,10,19H2,1-3H3. The lowest BCUT2D eigenvalue weighted by molar-refractivity contribution is -0.137. The minimum Gasteiger partial charge on any atom is -0.336 e. The molecule has 118 valence electrons. The zero-order valence-electron chi connectivity index (χ0n) is 12.9. The maximum absolute atomic E-state index is 12.6. The maximum Gasteiger partial charge on any atom is 0.225 e. The van der Waals surface area contributed by atoms with Crippen LogP contribution < -0.4 is 5.73 Å². The third-order valence-corrected chi connectivity index (χ3v) is 4.25. The molecule has 0 aliphatic rings. The summed E-state index contributed by atoms with van der Waals surface area (Å²) in [5, 5.41) is 1.04. The zero-order chi connectivity index (χ0) is 16.0. The Hall–Kier alpha value is -0.770. The van der Waals surface area contributed by atoms with E-state index in [-0.39, 0.29) is 17.9 Å². The molecular weight excluding hydrogens is 307 g/mol. The Bertz CT molecular complexity index is 477. The predicted molar refractivity (Wildman–Crippen MR) is 89.6 cm³/mol. The Kier molecular flexibility index (Phi) is 7.50. The van der Waals surface area contributed by atoms with Gasteiger partial charge in [0.15, 0.2) is 0 Å². The van der Waals surface area contributed by atoms with E-state index < -0.39 is 0 Å². The minimum atomic E-state index is -0.0151. The van der Waals surface area contributed by atoms with Crippen molar-refractivity contribution < 1.29 is 4.79 Å². The van der Waals surface area contributed by atoms with Gasteiger partial charge in [0, 0.05) is 18.5 Å². The Morgan fingerprint density at radius 2 is 1.90 bits per heavy atom. The topological polar surface area (TPSA) is 46.3 Å². The highest BCUT2D eigenvalue weighted by molar-refractivity contribution is 6.42. The summed E-state index contributed by atoms with van der Waals surface area (Å²) in [6.07, 6.45) is 1.69. The largest absolute Gasteiger partial charge is 0.336 e. The third-order valence-electron chi connectivity index (χ3n) is 3.51. The molecule has 0 radical (unpaired) electrons. The second kappa shape index (κ2) is 8.62. The summed E-state index contributed by atoms with van der Waals surface area (Å²) < 4.78 is 0. The van der Waals surface area contributed by atoms with Crippen LogP contribution in [0.5, 0.6) is 0 Å². The van der Waals surface area contributed by atoms with Gasteiger partial charge in [0.2, 0.25) is 5.91 Å². The zero-order valence-corrected chi connectivity index (χ0v) is 14.4. The van der Waals surface area contributed by atoms with E-state index in [1.807, 2.05) is 37.8 Å². The molecular formula is C16H24Cl2N2O. The Morgan fingerprint density at radius 1 is 1.24 bits per heavy atom. The molecule has 2 N–H and O–H groups in total. The number of hydrogen-bond acceptors (Lipinski definition) is 2. The SMILES string of the molecule is CC(CCCN)C(=O)N(Cc1ccc(Cl)c(Cl)c1)C(C)C. The second-order valence-corrected chi connectivity index (χ2v) is 6.45. The second-order valence-electron chi connectivity index (χ2n) is 5.64. The van der Waals surface area contributed by atoms with E-state index in [0.717, 1.165) is 18.4 Å². The number of nitrogens with zero attached hydrogens (tertiary/aromatic N) is 1. The molecule has 0 aliphatic carbocycles. The number of hydrogen-bond donors (Lipinski definition) is 1. The molecule has 0 heterocycles. The first kappa shape index (κ1) is 18.3. The molecule has 0 fully saturated rings. The van der Waals surface area contributed by atoms with Crippen molar-refractivity contribution >= 4 is 29.1 Å². The van der Waals surface area contributed by atoms with Gasteiger partial charge in [-0.15, -0.1) is 0 Å². The van der Waals surface area contributed by atoms with Crippen LogP contribution in [0.3, 0.4) is 0 Å². The van der Waals surface area contributed by atoms with Gasteiger partial charge in [-0.3, -0.25) is 4.79 Å². The summed E-state index contributed by atoms with van der Waals surface area (Å²) in [5.41, 5.74) is 6.50. The van der Waals surface area contributed by atoms with Crippen LogP contribution >= 0.6 is 23.2 Å². The Morgan fingerprint density at radius 3 is 2.43 bits per heavy atom. The number of amides is 1. The maximum atomic E-state index is 12.6. The van der Waals surface area contributed by atoms with Gasteiger partial charge in [-0.25, -0.2) is 0 Å².